The smallest absolute Gasteiger partial charge is 0.227 e. The first-order chi connectivity index (χ1) is 7.81. The Kier molecular flexibility index (Phi) is 4.18. The normalized spacial score (nSPS) is 28.1. The van der Waals surface area contributed by atoms with Crippen LogP contribution in [0.15, 0.2) is 0 Å². The first-order valence-electron chi connectivity index (χ1n) is 6.40. The van der Waals surface area contributed by atoms with Crippen molar-refractivity contribution in [2.75, 3.05) is 45.9 Å². The van der Waals surface area contributed by atoms with E-state index in [9.17, 15) is 4.79 Å². The highest BCUT2D eigenvalue weighted by atomic mass is 16.5. The Morgan fingerprint density at radius 1 is 1.31 bits per heavy atom. The lowest BCUT2D eigenvalue weighted by atomic mass is 9.96. The monoisotopic (exact) mass is 226 g/mol. The molecule has 2 rings (SSSR count). The van der Waals surface area contributed by atoms with E-state index in [4.69, 9.17) is 4.74 Å². The summed E-state index contributed by atoms with van der Waals surface area (Å²) in [7, 11) is 0. The Morgan fingerprint density at radius 3 is 2.75 bits per heavy atom. The molecule has 2 heterocycles. The lowest BCUT2D eigenvalue weighted by molar-refractivity contribution is -0.141. The summed E-state index contributed by atoms with van der Waals surface area (Å²) in [5.74, 6) is 0.577. The number of hydrogen-bond acceptors (Lipinski definition) is 3. The highest BCUT2D eigenvalue weighted by Crippen LogP contribution is 2.19. The van der Waals surface area contributed by atoms with Crippen molar-refractivity contribution in [3.8, 4) is 0 Å². The number of rotatable bonds is 2. The summed E-state index contributed by atoms with van der Waals surface area (Å²) < 4.78 is 5.28. The number of ether oxygens (including phenoxy) is 1. The van der Waals surface area contributed by atoms with Gasteiger partial charge in [0.05, 0.1) is 19.1 Å². The van der Waals surface area contributed by atoms with Crippen molar-refractivity contribution >= 4 is 5.91 Å². The Balaban J connectivity index is 1.87. The summed E-state index contributed by atoms with van der Waals surface area (Å²) in [6.45, 7) is 8.30. The zero-order valence-corrected chi connectivity index (χ0v) is 10.2. The van der Waals surface area contributed by atoms with E-state index in [0.717, 1.165) is 45.6 Å². The van der Waals surface area contributed by atoms with Crippen LogP contribution >= 0.6 is 0 Å². The van der Waals surface area contributed by atoms with Gasteiger partial charge in [-0.05, 0) is 25.9 Å². The summed E-state index contributed by atoms with van der Waals surface area (Å²) in [4.78, 5) is 16.6. The van der Waals surface area contributed by atoms with Gasteiger partial charge < -0.3 is 14.5 Å². The van der Waals surface area contributed by atoms with Crippen LogP contribution in [-0.4, -0.2) is 61.6 Å². The molecule has 0 bridgehead atoms. The van der Waals surface area contributed by atoms with Crippen molar-refractivity contribution in [3.63, 3.8) is 0 Å². The van der Waals surface area contributed by atoms with Crippen molar-refractivity contribution < 1.29 is 9.53 Å². The third-order valence-electron chi connectivity index (χ3n) is 3.62. The van der Waals surface area contributed by atoms with Crippen molar-refractivity contribution in [1.29, 1.82) is 0 Å². The summed E-state index contributed by atoms with van der Waals surface area (Å²) in [6.07, 6.45) is 2.22. The number of carbonyl (C=O) groups excluding carboxylic acids is 1. The summed E-state index contributed by atoms with van der Waals surface area (Å²) >= 11 is 0. The van der Waals surface area contributed by atoms with E-state index in [-0.39, 0.29) is 5.92 Å². The number of morpholine rings is 1. The van der Waals surface area contributed by atoms with Gasteiger partial charge in [-0.25, -0.2) is 0 Å². The number of hydrogen-bond donors (Lipinski definition) is 0. The maximum absolute atomic E-state index is 12.3. The molecule has 2 aliphatic heterocycles. The average molecular weight is 226 g/mol. The van der Waals surface area contributed by atoms with Gasteiger partial charge in [0.2, 0.25) is 5.91 Å². The molecule has 4 nitrogen and oxygen atoms in total. The lowest BCUT2D eigenvalue weighted by Crippen LogP contribution is -2.48. The molecule has 0 aromatic rings. The number of carbonyl (C=O) groups is 1. The zero-order chi connectivity index (χ0) is 11.4. The van der Waals surface area contributed by atoms with Crippen LogP contribution < -0.4 is 0 Å². The Morgan fingerprint density at radius 2 is 2.06 bits per heavy atom. The van der Waals surface area contributed by atoms with Gasteiger partial charge in [0.1, 0.15) is 0 Å². The molecule has 0 radical (unpaired) electrons. The van der Waals surface area contributed by atoms with Gasteiger partial charge in [-0.3, -0.25) is 4.79 Å². The fourth-order valence-electron chi connectivity index (χ4n) is 2.59. The van der Waals surface area contributed by atoms with Crippen LogP contribution in [0.3, 0.4) is 0 Å². The second kappa shape index (κ2) is 5.64. The van der Waals surface area contributed by atoms with Crippen LogP contribution in [0.5, 0.6) is 0 Å². The highest BCUT2D eigenvalue weighted by Gasteiger charge is 2.29. The fourth-order valence-corrected chi connectivity index (χ4v) is 2.59. The topological polar surface area (TPSA) is 32.8 Å². The molecule has 1 amide bonds. The molecule has 2 aliphatic rings. The van der Waals surface area contributed by atoms with Gasteiger partial charge in [-0.2, -0.15) is 0 Å². The fraction of sp³-hybridized carbons (Fsp3) is 0.917. The van der Waals surface area contributed by atoms with Crippen LogP contribution in [0, 0.1) is 5.92 Å². The van der Waals surface area contributed by atoms with Crippen LogP contribution in [0.25, 0.3) is 0 Å². The third-order valence-corrected chi connectivity index (χ3v) is 3.62. The van der Waals surface area contributed by atoms with Crippen molar-refractivity contribution in [3.05, 3.63) is 0 Å². The largest absolute Gasteiger partial charge is 0.378 e. The number of likely N-dealkylation sites (tertiary alicyclic amines) is 1. The minimum Gasteiger partial charge on any atom is -0.378 e. The van der Waals surface area contributed by atoms with Gasteiger partial charge in [-0.1, -0.05) is 6.92 Å². The second-order valence-corrected chi connectivity index (χ2v) is 4.67. The molecule has 1 unspecified atom stereocenters. The number of piperidine rings is 1. The highest BCUT2D eigenvalue weighted by molar-refractivity contribution is 5.79. The molecule has 0 aliphatic carbocycles. The van der Waals surface area contributed by atoms with Gasteiger partial charge in [-0.15, -0.1) is 0 Å². The van der Waals surface area contributed by atoms with Crippen LogP contribution in [0.4, 0.5) is 0 Å². The van der Waals surface area contributed by atoms with Crippen LogP contribution in [0.2, 0.25) is 0 Å². The molecule has 2 fully saturated rings. The molecule has 0 aromatic heterocycles. The molecule has 92 valence electrons. The van der Waals surface area contributed by atoms with E-state index < -0.39 is 0 Å². The van der Waals surface area contributed by atoms with E-state index >= 15 is 0 Å². The van der Waals surface area contributed by atoms with Crippen LogP contribution in [0.1, 0.15) is 19.8 Å². The first-order valence-corrected chi connectivity index (χ1v) is 6.40. The molecule has 1 atom stereocenters. The molecule has 16 heavy (non-hydrogen) atoms. The van der Waals surface area contributed by atoms with Crippen molar-refractivity contribution in [2.24, 2.45) is 5.92 Å². The summed E-state index contributed by atoms with van der Waals surface area (Å²) in [5.41, 5.74) is 0. The minimum atomic E-state index is 0.229. The maximum atomic E-state index is 12.3. The standard InChI is InChI=1S/C12H22N2O2/c1-2-13-5-3-4-11(10-13)12(15)14-6-8-16-9-7-14/h11H,2-10H2,1H3. The van der Waals surface area contributed by atoms with Gasteiger partial charge >= 0.3 is 0 Å². The van der Waals surface area contributed by atoms with E-state index in [1.807, 2.05) is 4.90 Å². The van der Waals surface area contributed by atoms with E-state index in [2.05, 4.69) is 11.8 Å². The molecule has 0 spiro atoms. The quantitative estimate of drug-likeness (QED) is 0.690. The molecular formula is C12H22N2O2. The molecule has 0 aromatic carbocycles. The molecule has 0 saturated carbocycles. The van der Waals surface area contributed by atoms with E-state index in [1.165, 1.54) is 0 Å². The summed E-state index contributed by atoms with van der Waals surface area (Å²) in [6, 6.07) is 0. The Hall–Kier alpha value is -0.610. The lowest BCUT2D eigenvalue weighted by Gasteiger charge is -2.35. The molecule has 2 saturated heterocycles. The van der Waals surface area contributed by atoms with Gasteiger partial charge in [0, 0.05) is 19.6 Å². The van der Waals surface area contributed by atoms with Gasteiger partial charge in [0.15, 0.2) is 0 Å². The second-order valence-electron chi connectivity index (χ2n) is 4.67. The van der Waals surface area contributed by atoms with E-state index in [1.54, 1.807) is 0 Å². The number of nitrogens with zero attached hydrogens (tertiary/aromatic N) is 2. The zero-order valence-electron chi connectivity index (χ0n) is 10.2. The summed E-state index contributed by atoms with van der Waals surface area (Å²) in [5, 5.41) is 0. The Labute approximate surface area is 97.5 Å². The molecule has 0 N–H and O–H groups in total. The predicted molar refractivity (Wildman–Crippen MR) is 62.2 cm³/mol. The number of amides is 1. The minimum absolute atomic E-state index is 0.229. The first kappa shape index (κ1) is 11.9. The van der Waals surface area contributed by atoms with E-state index in [0.29, 0.717) is 19.1 Å². The molecular weight excluding hydrogens is 204 g/mol. The predicted octanol–water partition coefficient (Wildman–Crippen LogP) is 0.577. The average Bonchev–Trinajstić information content (AvgIpc) is 2.39. The van der Waals surface area contributed by atoms with Crippen molar-refractivity contribution in [2.45, 2.75) is 19.8 Å². The SMILES string of the molecule is CCN1CCCC(C(=O)N2CCOCC2)C1. The maximum Gasteiger partial charge on any atom is 0.227 e. The third kappa shape index (κ3) is 2.74. The molecule has 4 heteroatoms. The van der Waals surface area contributed by atoms with Gasteiger partial charge in [0.25, 0.3) is 0 Å². The van der Waals surface area contributed by atoms with Crippen LogP contribution in [-0.2, 0) is 9.53 Å². The Bertz CT molecular complexity index is 239. The van der Waals surface area contributed by atoms with Crippen molar-refractivity contribution in [1.82, 2.24) is 9.80 Å².